The summed E-state index contributed by atoms with van der Waals surface area (Å²) in [6, 6.07) is 7.35. The monoisotopic (exact) mass is 371 g/mol. The number of anilines is 1. The van der Waals surface area contributed by atoms with Crippen molar-refractivity contribution in [1.29, 1.82) is 0 Å². The molecule has 0 radical (unpaired) electrons. The molecular formula is C21H29N3O3. The zero-order valence-corrected chi connectivity index (χ0v) is 16.4. The maximum absolute atomic E-state index is 12.6. The van der Waals surface area contributed by atoms with E-state index in [0.29, 0.717) is 43.2 Å². The van der Waals surface area contributed by atoms with E-state index < -0.39 is 5.41 Å². The van der Waals surface area contributed by atoms with Crippen LogP contribution in [0.5, 0.6) is 0 Å². The molecular weight excluding hydrogens is 342 g/mol. The van der Waals surface area contributed by atoms with Crippen molar-refractivity contribution in [2.24, 2.45) is 11.3 Å². The van der Waals surface area contributed by atoms with Gasteiger partial charge in [-0.1, -0.05) is 26.8 Å². The quantitative estimate of drug-likeness (QED) is 0.854. The molecule has 0 bridgehead atoms. The summed E-state index contributed by atoms with van der Waals surface area (Å²) < 4.78 is 0. The Balaban J connectivity index is 1.54. The standard InChI is InChI=1S/C21H29N3O3/c1-21(2,3)20(27)24-11-9-14(10-12-24)18(25)23-17-6-4-5-15(13-17)19(26)22-16-7-8-16/h4-6,13-14,16H,7-12H2,1-3H3,(H,22,26)(H,23,25). The van der Waals surface area contributed by atoms with Gasteiger partial charge < -0.3 is 15.5 Å². The maximum Gasteiger partial charge on any atom is 0.251 e. The van der Waals surface area contributed by atoms with Crippen molar-refractivity contribution in [3.05, 3.63) is 29.8 Å². The van der Waals surface area contributed by atoms with E-state index in [1.54, 1.807) is 24.3 Å². The second-order valence-electron chi connectivity index (χ2n) is 8.63. The van der Waals surface area contributed by atoms with Crippen molar-refractivity contribution in [3.8, 4) is 0 Å². The van der Waals surface area contributed by atoms with Crippen LogP contribution in [0.4, 0.5) is 5.69 Å². The van der Waals surface area contributed by atoms with Gasteiger partial charge in [-0.2, -0.15) is 0 Å². The molecule has 2 aliphatic rings. The van der Waals surface area contributed by atoms with Gasteiger partial charge in [-0.05, 0) is 43.9 Å². The van der Waals surface area contributed by atoms with Gasteiger partial charge in [0, 0.05) is 41.7 Å². The van der Waals surface area contributed by atoms with Gasteiger partial charge in [0.25, 0.3) is 5.91 Å². The highest BCUT2D eigenvalue weighted by atomic mass is 16.2. The average molecular weight is 371 g/mol. The third-order valence-corrected chi connectivity index (χ3v) is 5.10. The molecule has 0 atom stereocenters. The zero-order chi connectivity index (χ0) is 19.6. The molecule has 0 unspecified atom stereocenters. The van der Waals surface area contributed by atoms with Crippen LogP contribution < -0.4 is 10.6 Å². The van der Waals surface area contributed by atoms with E-state index in [9.17, 15) is 14.4 Å². The van der Waals surface area contributed by atoms with E-state index in [0.717, 1.165) is 12.8 Å². The van der Waals surface area contributed by atoms with Gasteiger partial charge in [0.15, 0.2) is 0 Å². The van der Waals surface area contributed by atoms with Gasteiger partial charge in [0.2, 0.25) is 11.8 Å². The molecule has 6 nitrogen and oxygen atoms in total. The van der Waals surface area contributed by atoms with Crippen molar-refractivity contribution in [1.82, 2.24) is 10.2 Å². The third kappa shape index (κ3) is 5.08. The number of benzene rings is 1. The SMILES string of the molecule is CC(C)(C)C(=O)N1CCC(C(=O)Nc2cccc(C(=O)NC3CC3)c2)CC1. The van der Waals surface area contributed by atoms with E-state index in [2.05, 4.69) is 10.6 Å². The molecule has 3 rings (SSSR count). The predicted octanol–water partition coefficient (Wildman–Crippen LogP) is 2.80. The Morgan fingerprint density at radius 2 is 1.70 bits per heavy atom. The molecule has 2 fully saturated rings. The van der Waals surface area contributed by atoms with Crippen LogP contribution in [0.15, 0.2) is 24.3 Å². The van der Waals surface area contributed by atoms with Crippen LogP contribution in [0.2, 0.25) is 0 Å². The molecule has 1 saturated carbocycles. The van der Waals surface area contributed by atoms with E-state index in [1.807, 2.05) is 25.7 Å². The van der Waals surface area contributed by atoms with Crippen LogP contribution in [-0.2, 0) is 9.59 Å². The molecule has 27 heavy (non-hydrogen) atoms. The first-order valence-electron chi connectivity index (χ1n) is 9.75. The number of rotatable bonds is 4. The maximum atomic E-state index is 12.6. The minimum Gasteiger partial charge on any atom is -0.349 e. The molecule has 3 amide bonds. The first-order chi connectivity index (χ1) is 12.7. The van der Waals surface area contributed by atoms with Crippen LogP contribution in [0, 0.1) is 11.3 Å². The van der Waals surface area contributed by atoms with Crippen molar-refractivity contribution < 1.29 is 14.4 Å². The molecule has 146 valence electrons. The fraction of sp³-hybridized carbons (Fsp3) is 0.571. The zero-order valence-electron chi connectivity index (χ0n) is 16.4. The number of carbonyl (C=O) groups excluding carboxylic acids is 3. The lowest BCUT2D eigenvalue weighted by Crippen LogP contribution is -2.45. The van der Waals surface area contributed by atoms with Crippen molar-refractivity contribution in [3.63, 3.8) is 0 Å². The predicted molar refractivity (Wildman–Crippen MR) is 104 cm³/mol. The number of nitrogens with one attached hydrogen (secondary N) is 2. The smallest absolute Gasteiger partial charge is 0.251 e. The Morgan fingerprint density at radius 3 is 2.30 bits per heavy atom. The fourth-order valence-electron chi connectivity index (χ4n) is 3.30. The first-order valence-corrected chi connectivity index (χ1v) is 9.75. The first kappa shape index (κ1) is 19.4. The van der Waals surface area contributed by atoms with E-state index >= 15 is 0 Å². The number of nitrogens with zero attached hydrogens (tertiary/aromatic N) is 1. The molecule has 2 N–H and O–H groups in total. The highest BCUT2D eigenvalue weighted by molar-refractivity contribution is 5.98. The fourth-order valence-corrected chi connectivity index (χ4v) is 3.30. The van der Waals surface area contributed by atoms with Crippen LogP contribution in [0.25, 0.3) is 0 Å². The van der Waals surface area contributed by atoms with Gasteiger partial charge in [0.05, 0.1) is 0 Å². The molecule has 1 aromatic rings. The number of piperidine rings is 1. The Bertz CT molecular complexity index is 726. The minimum absolute atomic E-state index is 0.0439. The highest BCUT2D eigenvalue weighted by Gasteiger charge is 2.32. The third-order valence-electron chi connectivity index (χ3n) is 5.10. The normalized spacial score (nSPS) is 18.1. The molecule has 0 spiro atoms. The number of carbonyl (C=O) groups is 3. The molecule has 1 saturated heterocycles. The van der Waals surface area contributed by atoms with Gasteiger partial charge in [-0.3, -0.25) is 14.4 Å². The Hall–Kier alpha value is -2.37. The summed E-state index contributed by atoms with van der Waals surface area (Å²) in [6.45, 7) is 6.97. The van der Waals surface area contributed by atoms with Gasteiger partial charge >= 0.3 is 0 Å². The number of hydrogen-bond donors (Lipinski definition) is 2. The lowest BCUT2D eigenvalue weighted by atomic mass is 9.90. The molecule has 1 aliphatic carbocycles. The van der Waals surface area contributed by atoms with E-state index in [1.165, 1.54) is 0 Å². The summed E-state index contributed by atoms with van der Waals surface area (Å²) in [6.07, 6.45) is 3.40. The van der Waals surface area contributed by atoms with Crippen molar-refractivity contribution >= 4 is 23.4 Å². The summed E-state index contributed by atoms with van der Waals surface area (Å²) in [5.74, 6) is -0.117. The summed E-state index contributed by atoms with van der Waals surface area (Å²) in [7, 11) is 0. The second kappa shape index (κ2) is 7.71. The molecule has 1 aromatic carbocycles. The van der Waals surface area contributed by atoms with E-state index in [4.69, 9.17) is 0 Å². The highest BCUT2D eigenvalue weighted by Crippen LogP contribution is 2.25. The summed E-state index contributed by atoms with van der Waals surface area (Å²) >= 11 is 0. The van der Waals surface area contributed by atoms with E-state index in [-0.39, 0.29) is 23.6 Å². The minimum atomic E-state index is -0.392. The molecule has 6 heteroatoms. The average Bonchev–Trinajstić information content (AvgIpc) is 3.44. The van der Waals surface area contributed by atoms with Crippen LogP contribution >= 0.6 is 0 Å². The molecule has 1 aliphatic heterocycles. The number of hydrogen-bond acceptors (Lipinski definition) is 3. The Labute approximate surface area is 160 Å². The molecule has 1 heterocycles. The van der Waals surface area contributed by atoms with Gasteiger partial charge in [-0.15, -0.1) is 0 Å². The second-order valence-corrected chi connectivity index (χ2v) is 8.63. The van der Waals surface area contributed by atoms with Crippen molar-refractivity contribution in [2.45, 2.75) is 52.5 Å². The molecule has 0 aromatic heterocycles. The van der Waals surface area contributed by atoms with Crippen molar-refractivity contribution in [2.75, 3.05) is 18.4 Å². The van der Waals surface area contributed by atoms with Crippen LogP contribution in [0.1, 0.15) is 56.8 Å². The summed E-state index contributed by atoms with van der Waals surface area (Å²) in [4.78, 5) is 39.0. The Morgan fingerprint density at radius 1 is 1.04 bits per heavy atom. The number of amides is 3. The van der Waals surface area contributed by atoms with Gasteiger partial charge in [-0.25, -0.2) is 0 Å². The van der Waals surface area contributed by atoms with Gasteiger partial charge in [0.1, 0.15) is 0 Å². The topological polar surface area (TPSA) is 78.5 Å². The van der Waals surface area contributed by atoms with Crippen LogP contribution in [0.3, 0.4) is 0 Å². The summed E-state index contributed by atoms with van der Waals surface area (Å²) in [5, 5.41) is 5.88. The largest absolute Gasteiger partial charge is 0.349 e. The van der Waals surface area contributed by atoms with Crippen LogP contribution in [-0.4, -0.2) is 41.8 Å². The Kier molecular flexibility index (Phi) is 5.53. The summed E-state index contributed by atoms with van der Waals surface area (Å²) in [5.41, 5.74) is 0.804. The lowest BCUT2D eigenvalue weighted by molar-refractivity contribution is -0.142. The number of likely N-dealkylation sites (tertiary alicyclic amines) is 1. The lowest BCUT2D eigenvalue weighted by Gasteiger charge is -2.35.